The summed E-state index contributed by atoms with van der Waals surface area (Å²) in [5.74, 6) is 0.796. The molecule has 0 aromatic carbocycles. The Labute approximate surface area is 90.9 Å². The zero-order chi connectivity index (χ0) is 10.5. The van der Waals surface area contributed by atoms with Crippen LogP contribution in [0.3, 0.4) is 0 Å². The van der Waals surface area contributed by atoms with Gasteiger partial charge in [-0.1, -0.05) is 6.07 Å². The van der Waals surface area contributed by atoms with Crippen molar-refractivity contribution in [2.45, 2.75) is 32.3 Å². The van der Waals surface area contributed by atoms with Crippen LogP contribution in [0.4, 0.5) is 0 Å². The molecule has 0 aliphatic carbocycles. The molecule has 1 atom stereocenters. The van der Waals surface area contributed by atoms with Crippen molar-refractivity contribution in [2.75, 3.05) is 13.1 Å². The molecule has 1 N–H and O–H groups in total. The van der Waals surface area contributed by atoms with Crippen molar-refractivity contribution in [3.8, 4) is 5.88 Å². The highest BCUT2D eigenvalue weighted by Crippen LogP contribution is 2.18. The van der Waals surface area contributed by atoms with E-state index in [2.05, 4.69) is 10.3 Å². The van der Waals surface area contributed by atoms with E-state index in [9.17, 15) is 0 Å². The molecule has 15 heavy (non-hydrogen) atoms. The summed E-state index contributed by atoms with van der Waals surface area (Å²) >= 11 is 0. The van der Waals surface area contributed by atoms with Gasteiger partial charge in [-0.05, 0) is 45.3 Å². The van der Waals surface area contributed by atoms with Crippen LogP contribution in [0.1, 0.15) is 24.8 Å². The van der Waals surface area contributed by atoms with E-state index in [1.165, 1.54) is 6.42 Å². The van der Waals surface area contributed by atoms with Gasteiger partial charge in [0.25, 0.3) is 0 Å². The maximum Gasteiger partial charge on any atom is 0.216 e. The van der Waals surface area contributed by atoms with Gasteiger partial charge in [-0.2, -0.15) is 0 Å². The summed E-state index contributed by atoms with van der Waals surface area (Å²) in [6.07, 6.45) is 5.51. The molecule has 0 saturated carbocycles. The molecule has 3 heteroatoms. The maximum atomic E-state index is 5.91. The number of nitrogens with one attached hydrogen (secondary N) is 1. The summed E-state index contributed by atoms with van der Waals surface area (Å²) in [7, 11) is 0. The Morgan fingerprint density at radius 1 is 1.40 bits per heavy atom. The summed E-state index contributed by atoms with van der Waals surface area (Å²) in [6.45, 7) is 4.20. The normalized spacial score (nSPS) is 22.1. The lowest BCUT2D eigenvalue weighted by Gasteiger charge is -2.16. The minimum absolute atomic E-state index is 0.327. The summed E-state index contributed by atoms with van der Waals surface area (Å²) in [5, 5.41) is 3.38. The summed E-state index contributed by atoms with van der Waals surface area (Å²) < 4.78 is 5.91. The molecule has 2 heterocycles. The number of hydrogen-bond acceptors (Lipinski definition) is 3. The highest BCUT2D eigenvalue weighted by Gasteiger charge is 2.14. The van der Waals surface area contributed by atoms with E-state index in [0.29, 0.717) is 6.10 Å². The van der Waals surface area contributed by atoms with E-state index in [1.807, 2.05) is 19.1 Å². The molecule has 3 nitrogen and oxygen atoms in total. The first-order chi connectivity index (χ1) is 7.36. The molecule has 0 bridgehead atoms. The van der Waals surface area contributed by atoms with E-state index in [0.717, 1.165) is 37.4 Å². The summed E-state index contributed by atoms with van der Waals surface area (Å²) in [6, 6.07) is 3.98. The summed E-state index contributed by atoms with van der Waals surface area (Å²) in [5.41, 5.74) is 1.12. The second kappa shape index (κ2) is 5.12. The summed E-state index contributed by atoms with van der Waals surface area (Å²) in [4.78, 5) is 4.26. The van der Waals surface area contributed by atoms with Crippen LogP contribution in [0.5, 0.6) is 5.88 Å². The van der Waals surface area contributed by atoms with Crippen LogP contribution in [-0.4, -0.2) is 24.2 Å². The van der Waals surface area contributed by atoms with Crippen LogP contribution in [0.2, 0.25) is 0 Å². The van der Waals surface area contributed by atoms with Gasteiger partial charge in [-0.25, -0.2) is 4.98 Å². The Balaban J connectivity index is 1.98. The zero-order valence-electron chi connectivity index (χ0n) is 9.20. The zero-order valence-corrected chi connectivity index (χ0v) is 9.20. The Bertz CT molecular complexity index is 306. The molecule has 0 spiro atoms. The fourth-order valence-electron chi connectivity index (χ4n) is 1.86. The predicted octanol–water partition coefficient (Wildman–Crippen LogP) is 1.91. The van der Waals surface area contributed by atoms with Gasteiger partial charge in [0.15, 0.2) is 0 Å². The van der Waals surface area contributed by atoms with Crippen LogP contribution in [0.15, 0.2) is 18.3 Å². The highest BCUT2D eigenvalue weighted by molar-refractivity contribution is 5.23. The number of aryl methyl sites for hydroxylation is 1. The minimum atomic E-state index is 0.327. The minimum Gasteiger partial charge on any atom is -0.474 e. The number of pyridine rings is 1. The molecule has 1 unspecified atom stereocenters. The third-order valence-electron chi connectivity index (χ3n) is 2.76. The van der Waals surface area contributed by atoms with E-state index >= 15 is 0 Å². The van der Waals surface area contributed by atoms with Gasteiger partial charge in [-0.15, -0.1) is 0 Å². The van der Waals surface area contributed by atoms with Crippen LogP contribution < -0.4 is 10.1 Å². The SMILES string of the molecule is Cc1cccnc1OC1CCCNCC1. The molecule has 0 amide bonds. The average molecular weight is 206 g/mol. The Morgan fingerprint density at radius 2 is 2.33 bits per heavy atom. The monoisotopic (exact) mass is 206 g/mol. The number of nitrogens with zero attached hydrogens (tertiary/aromatic N) is 1. The van der Waals surface area contributed by atoms with Crippen LogP contribution in [-0.2, 0) is 0 Å². The van der Waals surface area contributed by atoms with Crippen LogP contribution in [0.25, 0.3) is 0 Å². The van der Waals surface area contributed by atoms with E-state index < -0.39 is 0 Å². The van der Waals surface area contributed by atoms with Gasteiger partial charge >= 0.3 is 0 Å². The van der Waals surface area contributed by atoms with Crippen molar-refractivity contribution in [3.63, 3.8) is 0 Å². The van der Waals surface area contributed by atoms with Crippen molar-refractivity contribution < 1.29 is 4.74 Å². The lowest BCUT2D eigenvalue weighted by molar-refractivity contribution is 0.178. The van der Waals surface area contributed by atoms with Gasteiger partial charge < -0.3 is 10.1 Å². The quantitative estimate of drug-likeness (QED) is 0.802. The molecule has 1 saturated heterocycles. The Hall–Kier alpha value is -1.09. The average Bonchev–Trinajstić information content (AvgIpc) is 2.50. The molecule has 1 fully saturated rings. The molecular weight excluding hydrogens is 188 g/mol. The van der Waals surface area contributed by atoms with Crippen molar-refractivity contribution in [1.29, 1.82) is 0 Å². The second-order valence-electron chi connectivity index (χ2n) is 4.05. The van der Waals surface area contributed by atoms with Crippen molar-refractivity contribution in [3.05, 3.63) is 23.9 Å². The van der Waals surface area contributed by atoms with Gasteiger partial charge in [0.1, 0.15) is 6.10 Å². The smallest absolute Gasteiger partial charge is 0.216 e. The molecule has 1 aliphatic heterocycles. The van der Waals surface area contributed by atoms with Crippen molar-refractivity contribution in [2.24, 2.45) is 0 Å². The van der Waals surface area contributed by atoms with Crippen LogP contribution >= 0.6 is 0 Å². The Morgan fingerprint density at radius 3 is 3.20 bits per heavy atom. The lowest BCUT2D eigenvalue weighted by Crippen LogP contribution is -2.20. The van der Waals surface area contributed by atoms with Crippen LogP contribution in [0, 0.1) is 6.92 Å². The first-order valence-electron chi connectivity index (χ1n) is 5.65. The Kier molecular flexibility index (Phi) is 3.56. The molecule has 82 valence electrons. The number of ether oxygens (including phenoxy) is 1. The fraction of sp³-hybridized carbons (Fsp3) is 0.583. The van der Waals surface area contributed by atoms with Gasteiger partial charge in [0.2, 0.25) is 5.88 Å². The molecule has 1 aliphatic rings. The predicted molar refractivity (Wildman–Crippen MR) is 60.1 cm³/mol. The number of rotatable bonds is 2. The third kappa shape index (κ3) is 2.93. The molecular formula is C12H18N2O. The standard InChI is InChI=1S/C12H18N2O/c1-10-4-2-8-14-12(10)15-11-5-3-7-13-9-6-11/h2,4,8,11,13H,3,5-7,9H2,1H3. The van der Waals surface area contributed by atoms with Crippen molar-refractivity contribution in [1.82, 2.24) is 10.3 Å². The lowest BCUT2D eigenvalue weighted by atomic mass is 10.1. The fourth-order valence-corrected chi connectivity index (χ4v) is 1.86. The maximum absolute atomic E-state index is 5.91. The molecule has 2 rings (SSSR count). The van der Waals surface area contributed by atoms with Gasteiger partial charge in [0, 0.05) is 11.8 Å². The van der Waals surface area contributed by atoms with Crippen molar-refractivity contribution >= 4 is 0 Å². The molecule has 1 aromatic rings. The van der Waals surface area contributed by atoms with E-state index in [4.69, 9.17) is 4.74 Å². The first-order valence-corrected chi connectivity index (χ1v) is 5.65. The van der Waals surface area contributed by atoms with E-state index in [-0.39, 0.29) is 0 Å². The second-order valence-corrected chi connectivity index (χ2v) is 4.05. The van der Waals surface area contributed by atoms with E-state index in [1.54, 1.807) is 6.20 Å². The number of aromatic nitrogens is 1. The number of hydrogen-bond donors (Lipinski definition) is 1. The van der Waals surface area contributed by atoms with Gasteiger partial charge in [-0.3, -0.25) is 0 Å². The molecule has 1 aromatic heterocycles. The largest absolute Gasteiger partial charge is 0.474 e. The highest BCUT2D eigenvalue weighted by atomic mass is 16.5. The molecule has 0 radical (unpaired) electrons. The third-order valence-corrected chi connectivity index (χ3v) is 2.76. The topological polar surface area (TPSA) is 34.1 Å². The first kappa shape index (κ1) is 10.4. The van der Waals surface area contributed by atoms with Gasteiger partial charge in [0.05, 0.1) is 0 Å².